The Morgan fingerprint density at radius 2 is 1.74 bits per heavy atom. The lowest BCUT2D eigenvalue weighted by Gasteiger charge is -2.20. The molecule has 0 bridgehead atoms. The molecule has 1 heterocycles. The van der Waals surface area contributed by atoms with E-state index in [-0.39, 0.29) is 17.4 Å². The van der Waals surface area contributed by atoms with Crippen molar-refractivity contribution in [1.29, 1.82) is 0 Å². The first kappa shape index (κ1) is 27.9. The average molecular weight is 567 g/mol. The molecule has 0 spiro atoms. The lowest BCUT2D eigenvalue weighted by atomic mass is 10.2. The van der Waals surface area contributed by atoms with E-state index in [0.29, 0.717) is 27.9 Å². The third kappa shape index (κ3) is 6.48. The molecule has 0 aliphatic carbocycles. The van der Waals surface area contributed by atoms with Crippen LogP contribution in [0.15, 0.2) is 96.5 Å². The minimum Gasteiger partial charge on any atom is -0.497 e. The maximum absolute atomic E-state index is 13.3. The van der Waals surface area contributed by atoms with Crippen LogP contribution in [0.5, 0.6) is 11.5 Å². The maximum Gasteiger partial charge on any atom is 0.243 e. The summed E-state index contributed by atoms with van der Waals surface area (Å²) in [5, 5.41) is 3.35. The predicted molar refractivity (Wildman–Crippen MR) is 151 cm³/mol. The minimum atomic E-state index is -4.00. The summed E-state index contributed by atoms with van der Waals surface area (Å²) in [7, 11) is -0.946. The first-order valence-corrected chi connectivity index (χ1v) is 13.6. The van der Waals surface area contributed by atoms with Gasteiger partial charge in [-0.25, -0.2) is 13.4 Å². The fraction of sp³-hybridized carbons (Fsp3) is 0.143. The number of nitrogens with zero attached hydrogens (tertiary/aromatic N) is 3. The maximum atomic E-state index is 13.3. The van der Waals surface area contributed by atoms with Crippen LogP contribution in [0.3, 0.4) is 0 Å². The number of carbonyl (C=O) groups excluding carboxylic acids is 1. The molecule has 0 aliphatic heterocycles. The number of hydrogen-bond donors (Lipinski definition) is 1. The number of aromatic nitrogens is 2. The molecule has 0 saturated heterocycles. The summed E-state index contributed by atoms with van der Waals surface area (Å²) in [4.78, 5) is 17.9. The summed E-state index contributed by atoms with van der Waals surface area (Å²) < 4.78 is 39.8. The summed E-state index contributed by atoms with van der Waals surface area (Å²) in [5.41, 5.74) is 2.05. The molecule has 0 radical (unpaired) electrons. The van der Waals surface area contributed by atoms with Crippen LogP contribution in [0.2, 0.25) is 5.02 Å². The number of amides is 1. The quantitative estimate of drug-likeness (QED) is 0.256. The van der Waals surface area contributed by atoms with Crippen molar-refractivity contribution in [1.82, 2.24) is 13.9 Å². The molecular formula is C28H27ClN4O5S. The van der Waals surface area contributed by atoms with Gasteiger partial charge >= 0.3 is 0 Å². The average Bonchev–Trinajstić information content (AvgIpc) is 3.36. The second-order valence-corrected chi connectivity index (χ2v) is 10.7. The second kappa shape index (κ2) is 12.2. The zero-order valence-electron chi connectivity index (χ0n) is 21.4. The number of benzene rings is 3. The van der Waals surface area contributed by atoms with E-state index in [2.05, 4.69) is 16.9 Å². The van der Waals surface area contributed by atoms with E-state index in [4.69, 9.17) is 21.1 Å². The summed E-state index contributed by atoms with van der Waals surface area (Å²) in [5.74, 6) is 0.766. The summed E-state index contributed by atoms with van der Waals surface area (Å²) in [6.07, 6.45) is 3.19. The fourth-order valence-corrected chi connectivity index (χ4v) is 5.29. The van der Waals surface area contributed by atoms with E-state index < -0.39 is 22.5 Å². The first-order chi connectivity index (χ1) is 18.7. The molecule has 11 heteroatoms. The summed E-state index contributed by atoms with van der Waals surface area (Å²) in [6.45, 7) is 3.12. The molecular weight excluding hydrogens is 540 g/mol. The van der Waals surface area contributed by atoms with Gasteiger partial charge in [0.25, 0.3) is 0 Å². The first-order valence-electron chi connectivity index (χ1n) is 11.8. The fourth-order valence-electron chi connectivity index (χ4n) is 3.80. The molecule has 39 heavy (non-hydrogen) atoms. The highest BCUT2D eigenvalue weighted by molar-refractivity contribution is 7.89. The van der Waals surface area contributed by atoms with Crippen LogP contribution in [-0.4, -0.2) is 55.5 Å². The lowest BCUT2D eigenvalue weighted by Crippen LogP contribution is -2.38. The SMILES string of the molecule is C=CCN(CC(=O)Nc1nc(-c2ccc(Cl)cc2)cn1-c1cccc(OC)c1)S(=O)(=O)c1ccc(OC)cc1. The standard InChI is InChI=1S/C28H27ClN4O5S/c1-4-16-32(39(35,36)25-14-12-23(37-2)13-15-25)19-27(34)31-28-30-26(20-8-10-21(29)11-9-20)18-33(28)22-6-5-7-24(17-22)38-3/h4-15,17-18H,1,16,19H2,2-3H3,(H,30,31,34). The number of halogens is 1. The van der Waals surface area contributed by atoms with Gasteiger partial charge in [0.05, 0.1) is 37.0 Å². The van der Waals surface area contributed by atoms with Crippen LogP contribution in [0, 0.1) is 0 Å². The minimum absolute atomic E-state index is 0.0286. The Morgan fingerprint density at radius 3 is 2.38 bits per heavy atom. The number of imidazole rings is 1. The van der Waals surface area contributed by atoms with Gasteiger partial charge in [0.15, 0.2) is 0 Å². The van der Waals surface area contributed by atoms with E-state index in [1.165, 1.54) is 25.3 Å². The zero-order chi connectivity index (χ0) is 28.0. The van der Waals surface area contributed by atoms with Gasteiger partial charge in [0, 0.05) is 29.4 Å². The third-order valence-electron chi connectivity index (χ3n) is 5.78. The summed E-state index contributed by atoms with van der Waals surface area (Å²) in [6, 6.07) is 20.3. The Kier molecular flexibility index (Phi) is 8.70. The van der Waals surface area contributed by atoms with Crippen LogP contribution < -0.4 is 14.8 Å². The van der Waals surface area contributed by atoms with Gasteiger partial charge in [-0.2, -0.15) is 4.31 Å². The lowest BCUT2D eigenvalue weighted by molar-refractivity contribution is -0.116. The van der Waals surface area contributed by atoms with E-state index >= 15 is 0 Å². The van der Waals surface area contributed by atoms with Crippen molar-refractivity contribution < 1.29 is 22.7 Å². The molecule has 4 aromatic rings. The Bertz CT molecular complexity index is 1570. The van der Waals surface area contributed by atoms with Gasteiger partial charge in [-0.1, -0.05) is 35.9 Å². The van der Waals surface area contributed by atoms with Crippen LogP contribution in [-0.2, 0) is 14.8 Å². The Labute approximate surface area is 232 Å². The Hall–Kier alpha value is -4.12. The molecule has 0 aliphatic rings. The van der Waals surface area contributed by atoms with E-state index in [1.807, 2.05) is 24.3 Å². The number of carbonyl (C=O) groups is 1. The van der Waals surface area contributed by atoms with Crippen molar-refractivity contribution in [3.05, 3.63) is 96.7 Å². The van der Waals surface area contributed by atoms with Gasteiger partial charge in [0.2, 0.25) is 21.9 Å². The molecule has 3 aromatic carbocycles. The smallest absolute Gasteiger partial charge is 0.243 e. The van der Waals surface area contributed by atoms with Crippen LogP contribution in [0.1, 0.15) is 0 Å². The highest BCUT2D eigenvalue weighted by atomic mass is 35.5. The van der Waals surface area contributed by atoms with Gasteiger partial charge in [-0.3, -0.25) is 14.7 Å². The van der Waals surface area contributed by atoms with Gasteiger partial charge < -0.3 is 9.47 Å². The number of hydrogen-bond acceptors (Lipinski definition) is 6. The van der Waals surface area contributed by atoms with Crippen molar-refractivity contribution in [3.63, 3.8) is 0 Å². The summed E-state index contributed by atoms with van der Waals surface area (Å²) >= 11 is 6.04. The van der Waals surface area contributed by atoms with Crippen LogP contribution >= 0.6 is 11.6 Å². The molecule has 1 N–H and O–H groups in total. The van der Waals surface area contributed by atoms with Gasteiger partial charge in [-0.15, -0.1) is 6.58 Å². The van der Waals surface area contributed by atoms with Gasteiger partial charge in [0.1, 0.15) is 11.5 Å². The van der Waals surface area contributed by atoms with Crippen molar-refractivity contribution in [3.8, 4) is 28.4 Å². The van der Waals surface area contributed by atoms with E-state index in [1.54, 1.807) is 54.3 Å². The van der Waals surface area contributed by atoms with Crippen molar-refractivity contribution in [2.24, 2.45) is 0 Å². The van der Waals surface area contributed by atoms with Crippen molar-refractivity contribution in [2.45, 2.75) is 4.90 Å². The molecule has 0 saturated carbocycles. The highest BCUT2D eigenvalue weighted by Gasteiger charge is 2.26. The van der Waals surface area contributed by atoms with Crippen LogP contribution in [0.25, 0.3) is 16.9 Å². The molecule has 1 amide bonds. The largest absolute Gasteiger partial charge is 0.497 e. The molecule has 0 atom stereocenters. The van der Waals surface area contributed by atoms with Crippen LogP contribution in [0.4, 0.5) is 5.95 Å². The molecule has 0 fully saturated rings. The second-order valence-electron chi connectivity index (χ2n) is 8.34. The zero-order valence-corrected chi connectivity index (χ0v) is 22.9. The highest BCUT2D eigenvalue weighted by Crippen LogP contribution is 2.27. The van der Waals surface area contributed by atoms with E-state index in [0.717, 1.165) is 9.87 Å². The van der Waals surface area contributed by atoms with E-state index in [9.17, 15) is 13.2 Å². The molecule has 4 rings (SSSR count). The Balaban J connectivity index is 1.65. The third-order valence-corrected chi connectivity index (χ3v) is 7.86. The van der Waals surface area contributed by atoms with Crippen molar-refractivity contribution in [2.75, 3.05) is 32.6 Å². The topological polar surface area (TPSA) is 103 Å². The predicted octanol–water partition coefficient (Wildman–Crippen LogP) is 5.03. The molecule has 0 unspecified atom stereocenters. The number of anilines is 1. The van der Waals surface area contributed by atoms with Gasteiger partial charge in [-0.05, 0) is 48.5 Å². The number of methoxy groups -OCH3 is 2. The monoisotopic (exact) mass is 566 g/mol. The number of rotatable bonds is 11. The number of ether oxygens (including phenoxy) is 2. The number of nitrogens with one attached hydrogen (secondary N) is 1. The number of sulfonamides is 1. The molecule has 202 valence electrons. The molecule has 9 nitrogen and oxygen atoms in total. The normalized spacial score (nSPS) is 11.3. The molecule has 1 aromatic heterocycles. The Morgan fingerprint density at radius 1 is 1.05 bits per heavy atom. The van der Waals surface area contributed by atoms with Crippen molar-refractivity contribution >= 4 is 33.5 Å².